The molecule has 62 valence electrons. The normalized spacial score (nSPS) is 8.20. The maximum atomic E-state index is 10.4. The first kappa shape index (κ1) is 12.1. The summed E-state index contributed by atoms with van der Waals surface area (Å²) >= 11 is 0. The van der Waals surface area contributed by atoms with E-state index in [4.69, 9.17) is 0 Å². The van der Waals surface area contributed by atoms with Crippen LogP contribution >= 0.6 is 0 Å². The number of hydrogen-bond acceptors (Lipinski definition) is 4. The Kier molecular flexibility index (Phi) is 10.2. The van der Waals surface area contributed by atoms with Gasteiger partial charge in [0.2, 0.25) is 0 Å². The van der Waals surface area contributed by atoms with Crippen molar-refractivity contribution in [2.24, 2.45) is 0 Å². The van der Waals surface area contributed by atoms with E-state index < -0.39 is 0 Å². The highest BCUT2D eigenvalue weighted by atomic mass is 16.6. The molecule has 0 aliphatic heterocycles. The lowest BCUT2D eigenvalue weighted by Gasteiger charge is -1.99. The Labute approximate surface area is 61.1 Å². The summed E-state index contributed by atoms with van der Waals surface area (Å²) in [6.45, 7) is 2.60. The minimum absolute atomic E-state index is 0. The smallest absolute Gasteiger partial charge is 0.305 e. The van der Waals surface area contributed by atoms with Gasteiger partial charge in [0.1, 0.15) is 6.61 Å². The van der Waals surface area contributed by atoms with Crippen LogP contribution in [0.25, 0.3) is 0 Å². The minimum atomic E-state index is -0.174. The summed E-state index contributed by atoms with van der Waals surface area (Å²) in [6, 6.07) is 0. The third-order valence-corrected chi connectivity index (χ3v) is 0.839. The first-order chi connectivity index (χ1) is 4.31. The second-order valence-electron chi connectivity index (χ2n) is 1.57. The van der Waals surface area contributed by atoms with Crippen molar-refractivity contribution >= 4 is 5.97 Å². The van der Waals surface area contributed by atoms with Gasteiger partial charge in [-0.25, -0.2) is 0 Å². The van der Waals surface area contributed by atoms with Gasteiger partial charge in [0.05, 0.1) is 6.61 Å². The summed E-state index contributed by atoms with van der Waals surface area (Å²) in [5, 5.41) is 0. The van der Waals surface area contributed by atoms with Crippen molar-refractivity contribution in [3.8, 4) is 0 Å². The largest absolute Gasteiger partial charge is 0.463 e. The predicted molar refractivity (Wildman–Crippen MR) is 38.1 cm³/mol. The van der Waals surface area contributed by atoms with Gasteiger partial charge < -0.3 is 15.6 Å². The molecule has 3 N–H and O–H groups in total. The van der Waals surface area contributed by atoms with Crippen LogP contribution in [-0.4, -0.2) is 26.3 Å². The van der Waals surface area contributed by atoms with Crippen LogP contribution in [0.5, 0.6) is 0 Å². The van der Waals surface area contributed by atoms with E-state index in [0.29, 0.717) is 19.6 Å². The molecule has 0 bridgehead atoms. The van der Waals surface area contributed by atoms with Crippen LogP contribution < -0.4 is 6.15 Å². The van der Waals surface area contributed by atoms with Gasteiger partial charge in [0.25, 0.3) is 0 Å². The van der Waals surface area contributed by atoms with E-state index >= 15 is 0 Å². The lowest BCUT2D eigenvalue weighted by atomic mass is 10.5. The number of methoxy groups -OCH3 is 1. The molecule has 4 nitrogen and oxygen atoms in total. The molecule has 0 unspecified atom stereocenters. The van der Waals surface area contributed by atoms with Crippen LogP contribution in [0.4, 0.5) is 0 Å². The van der Waals surface area contributed by atoms with E-state index in [1.807, 2.05) is 0 Å². The van der Waals surface area contributed by atoms with Crippen LogP contribution in [0.15, 0.2) is 0 Å². The van der Waals surface area contributed by atoms with Crippen molar-refractivity contribution < 1.29 is 14.3 Å². The second-order valence-corrected chi connectivity index (χ2v) is 1.57. The van der Waals surface area contributed by atoms with Crippen LogP contribution in [0.2, 0.25) is 0 Å². The fourth-order valence-electron chi connectivity index (χ4n) is 0.341. The molecule has 0 aromatic rings. The number of ether oxygens (including phenoxy) is 2. The average molecular weight is 149 g/mol. The van der Waals surface area contributed by atoms with E-state index in [2.05, 4.69) is 9.47 Å². The summed E-state index contributed by atoms with van der Waals surface area (Å²) in [6.07, 6.45) is 0.434. The molecule has 0 saturated carbocycles. The first-order valence-corrected chi connectivity index (χ1v) is 2.95. The number of carbonyl (C=O) groups is 1. The third-order valence-electron chi connectivity index (χ3n) is 0.839. The molecule has 0 fully saturated rings. The van der Waals surface area contributed by atoms with Crippen LogP contribution in [-0.2, 0) is 14.3 Å². The van der Waals surface area contributed by atoms with Gasteiger partial charge >= 0.3 is 5.97 Å². The lowest BCUT2D eigenvalue weighted by molar-refractivity contribution is -0.144. The molecule has 0 rings (SSSR count). The highest BCUT2D eigenvalue weighted by molar-refractivity contribution is 5.68. The highest BCUT2D eigenvalue weighted by Crippen LogP contribution is 1.82. The molecule has 0 aliphatic rings. The lowest BCUT2D eigenvalue weighted by Crippen LogP contribution is -2.07. The Balaban J connectivity index is 0. The SMILES string of the molecule is CCC(=O)OCCOC.N. The summed E-state index contributed by atoms with van der Waals surface area (Å²) < 4.78 is 9.33. The Morgan fingerprint density at radius 1 is 1.40 bits per heavy atom. The molecule has 0 amide bonds. The van der Waals surface area contributed by atoms with Gasteiger partial charge in [-0.3, -0.25) is 4.79 Å². The molecule has 0 saturated heterocycles. The van der Waals surface area contributed by atoms with Gasteiger partial charge in [-0.15, -0.1) is 0 Å². The van der Waals surface area contributed by atoms with Gasteiger partial charge in [0.15, 0.2) is 0 Å². The summed E-state index contributed by atoms with van der Waals surface area (Å²) in [5.74, 6) is -0.174. The zero-order valence-corrected chi connectivity index (χ0v) is 6.55. The van der Waals surface area contributed by atoms with E-state index in [-0.39, 0.29) is 12.1 Å². The first-order valence-electron chi connectivity index (χ1n) is 2.95. The predicted octanol–water partition coefficient (Wildman–Crippen LogP) is 0.748. The quantitative estimate of drug-likeness (QED) is 0.473. The fraction of sp³-hybridized carbons (Fsp3) is 0.833. The van der Waals surface area contributed by atoms with Crippen LogP contribution in [0.3, 0.4) is 0 Å². The zero-order valence-electron chi connectivity index (χ0n) is 6.55. The molecule has 0 spiro atoms. The molecule has 0 radical (unpaired) electrons. The van der Waals surface area contributed by atoms with E-state index in [1.54, 1.807) is 14.0 Å². The Bertz CT molecular complexity index is 85.1. The van der Waals surface area contributed by atoms with Gasteiger partial charge in [0, 0.05) is 13.5 Å². The number of hydrogen-bond donors (Lipinski definition) is 1. The molecule has 0 heterocycles. The zero-order chi connectivity index (χ0) is 7.11. The number of rotatable bonds is 4. The number of carbonyl (C=O) groups excluding carboxylic acids is 1. The Morgan fingerprint density at radius 3 is 2.40 bits per heavy atom. The van der Waals surface area contributed by atoms with Crippen LogP contribution in [0.1, 0.15) is 13.3 Å². The third kappa shape index (κ3) is 7.39. The molecule has 0 aromatic carbocycles. The Morgan fingerprint density at radius 2 is 2.00 bits per heavy atom. The van der Waals surface area contributed by atoms with Crippen molar-refractivity contribution in [3.63, 3.8) is 0 Å². The monoisotopic (exact) mass is 149 g/mol. The van der Waals surface area contributed by atoms with Crippen molar-refractivity contribution in [2.75, 3.05) is 20.3 Å². The fourth-order valence-corrected chi connectivity index (χ4v) is 0.341. The van der Waals surface area contributed by atoms with Crippen molar-refractivity contribution in [1.82, 2.24) is 6.15 Å². The van der Waals surface area contributed by atoms with E-state index in [1.165, 1.54) is 0 Å². The van der Waals surface area contributed by atoms with Crippen molar-refractivity contribution in [2.45, 2.75) is 13.3 Å². The van der Waals surface area contributed by atoms with Gasteiger partial charge in [-0.05, 0) is 0 Å². The Hall–Kier alpha value is -0.610. The summed E-state index contributed by atoms with van der Waals surface area (Å²) in [4.78, 5) is 10.4. The molecular formula is C6H15NO3. The average Bonchev–Trinajstić information content (AvgIpc) is 1.89. The summed E-state index contributed by atoms with van der Waals surface area (Å²) in [7, 11) is 1.57. The number of esters is 1. The molecule has 0 atom stereocenters. The topological polar surface area (TPSA) is 70.5 Å². The van der Waals surface area contributed by atoms with E-state index in [0.717, 1.165) is 0 Å². The standard InChI is InChI=1S/C6H12O3.H3N/c1-3-6(7)9-5-4-8-2;/h3-5H2,1-2H3;1H3. The minimum Gasteiger partial charge on any atom is -0.463 e. The highest BCUT2D eigenvalue weighted by Gasteiger charge is 1.94. The molecule has 10 heavy (non-hydrogen) atoms. The molecule has 0 aliphatic carbocycles. The van der Waals surface area contributed by atoms with Gasteiger partial charge in [-0.2, -0.15) is 0 Å². The molecular weight excluding hydrogens is 134 g/mol. The van der Waals surface area contributed by atoms with E-state index in [9.17, 15) is 4.79 Å². The van der Waals surface area contributed by atoms with Crippen molar-refractivity contribution in [3.05, 3.63) is 0 Å². The second kappa shape index (κ2) is 8.39. The van der Waals surface area contributed by atoms with Gasteiger partial charge in [-0.1, -0.05) is 6.92 Å². The maximum absolute atomic E-state index is 10.4. The molecule has 4 heteroatoms. The summed E-state index contributed by atoms with van der Waals surface area (Å²) in [5.41, 5.74) is 0. The molecule has 0 aromatic heterocycles. The van der Waals surface area contributed by atoms with Crippen LogP contribution in [0, 0.1) is 0 Å². The van der Waals surface area contributed by atoms with Crippen molar-refractivity contribution in [1.29, 1.82) is 0 Å². The maximum Gasteiger partial charge on any atom is 0.305 e.